The molecule has 1 aromatic carbocycles. The monoisotopic (exact) mass is 446 g/mol. The number of benzene rings is 1. The van der Waals surface area contributed by atoms with E-state index in [1.54, 1.807) is 33.3 Å². The van der Waals surface area contributed by atoms with Crippen LogP contribution in [-0.2, 0) is 22.7 Å². The van der Waals surface area contributed by atoms with Crippen LogP contribution in [0.1, 0.15) is 69.7 Å². The fourth-order valence-electron chi connectivity index (χ4n) is 3.44. The van der Waals surface area contributed by atoms with E-state index in [-0.39, 0.29) is 30.2 Å². The van der Waals surface area contributed by atoms with E-state index in [1.165, 1.54) is 12.1 Å². The molecule has 1 aromatic heterocycles. The quantitative estimate of drug-likeness (QED) is 0.353. The first-order valence-corrected chi connectivity index (χ1v) is 12.2. The van der Waals surface area contributed by atoms with Crippen LogP contribution in [0.4, 0.5) is 4.39 Å². The minimum Gasteiger partial charge on any atom is -0.332 e. The van der Waals surface area contributed by atoms with Crippen molar-refractivity contribution in [3.63, 3.8) is 0 Å². The van der Waals surface area contributed by atoms with Crippen molar-refractivity contribution in [2.24, 2.45) is 0 Å². The molecule has 1 heterocycles. The molecule has 0 bridgehead atoms. The number of amides is 2. The van der Waals surface area contributed by atoms with Gasteiger partial charge in [0.1, 0.15) is 12.4 Å². The normalized spacial score (nSPS) is 11.9. The van der Waals surface area contributed by atoms with E-state index in [1.807, 2.05) is 31.4 Å². The summed E-state index contributed by atoms with van der Waals surface area (Å²) in [6.45, 7) is 7.13. The molecule has 0 fully saturated rings. The Morgan fingerprint density at radius 3 is 2.35 bits per heavy atom. The van der Waals surface area contributed by atoms with Crippen molar-refractivity contribution >= 4 is 23.2 Å². The molecule has 2 amide bonds. The van der Waals surface area contributed by atoms with E-state index in [0.717, 1.165) is 42.5 Å². The highest BCUT2D eigenvalue weighted by Crippen LogP contribution is 2.17. The summed E-state index contributed by atoms with van der Waals surface area (Å²) >= 11 is 1.60. The van der Waals surface area contributed by atoms with Crippen molar-refractivity contribution in [1.29, 1.82) is 0 Å². The van der Waals surface area contributed by atoms with Gasteiger partial charge in [-0.1, -0.05) is 51.3 Å². The topological polar surface area (TPSA) is 40.6 Å². The van der Waals surface area contributed by atoms with E-state index >= 15 is 0 Å². The van der Waals surface area contributed by atoms with Gasteiger partial charge in [-0.2, -0.15) is 0 Å². The first kappa shape index (κ1) is 25.1. The number of halogens is 1. The standard InChI is InChI=1S/C25H35FN2O2S/c1-4-6-7-8-11-24(29)28(20(3)5-2)19-25(30)27(18-23-10-9-16-31-23)17-21-12-14-22(26)15-13-21/h9-10,12-16,20H,4-8,11,17-19H2,1-3H3. The highest BCUT2D eigenvalue weighted by Gasteiger charge is 2.25. The van der Waals surface area contributed by atoms with Crippen molar-refractivity contribution in [1.82, 2.24) is 9.80 Å². The Bertz CT molecular complexity index is 792. The molecule has 0 aliphatic heterocycles. The molecule has 1 atom stereocenters. The first-order chi connectivity index (χ1) is 14.9. The van der Waals surface area contributed by atoms with Crippen LogP contribution >= 0.6 is 11.3 Å². The molecule has 2 aromatic rings. The Balaban J connectivity index is 2.11. The Morgan fingerprint density at radius 1 is 1.00 bits per heavy atom. The molecule has 0 spiro atoms. The fourth-order valence-corrected chi connectivity index (χ4v) is 4.16. The molecule has 0 aliphatic rings. The van der Waals surface area contributed by atoms with Crippen molar-refractivity contribution in [3.05, 3.63) is 58.0 Å². The fraction of sp³-hybridized carbons (Fsp3) is 0.520. The van der Waals surface area contributed by atoms with Crippen molar-refractivity contribution in [2.75, 3.05) is 6.54 Å². The smallest absolute Gasteiger partial charge is 0.242 e. The maximum absolute atomic E-state index is 13.3. The predicted octanol–water partition coefficient (Wildman–Crippen LogP) is 6.01. The summed E-state index contributed by atoms with van der Waals surface area (Å²) in [5, 5.41) is 1.99. The van der Waals surface area contributed by atoms with Gasteiger partial charge >= 0.3 is 0 Å². The maximum Gasteiger partial charge on any atom is 0.242 e. The molecule has 0 aliphatic carbocycles. The lowest BCUT2D eigenvalue weighted by Gasteiger charge is -2.31. The van der Waals surface area contributed by atoms with Crippen molar-refractivity contribution in [3.8, 4) is 0 Å². The van der Waals surface area contributed by atoms with Crippen molar-refractivity contribution < 1.29 is 14.0 Å². The first-order valence-electron chi connectivity index (χ1n) is 11.3. The minimum absolute atomic E-state index is 0.0111. The molecule has 6 heteroatoms. The zero-order valence-electron chi connectivity index (χ0n) is 19.0. The number of rotatable bonds is 13. The van der Waals surface area contributed by atoms with Gasteiger partial charge < -0.3 is 9.80 Å². The van der Waals surface area contributed by atoms with E-state index in [2.05, 4.69) is 6.92 Å². The van der Waals surface area contributed by atoms with Crippen LogP contribution in [0.5, 0.6) is 0 Å². The largest absolute Gasteiger partial charge is 0.332 e. The van der Waals surface area contributed by atoms with Gasteiger partial charge in [-0.15, -0.1) is 11.3 Å². The van der Waals surface area contributed by atoms with Gasteiger partial charge in [0, 0.05) is 23.9 Å². The summed E-state index contributed by atoms with van der Waals surface area (Å²) in [5.41, 5.74) is 0.868. The minimum atomic E-state index is -0.295. The summed E-state index contributed by atoms with van der Waals surface area (Å²) in [6.07, 6.45) is 5.45. The summed E-state index contributed by atoms with van der Waals surface area (Å²) in [5.74, 6) is -0.326. The van der Waals surface area contributed by atoms with Gasteiger partial charge in [-0.05, 0) is 48.9 Å². The number of unbranched alkanes of at least 4 members (excludes halogenated alkanes) is 3. The number of nitrogens with zero attached hydrogens (tertiary/aromatic N) is 2. The number of thiophene rings is 1. The molecule has 0 radical (unpaired) electrons. The Labute approximate surface area is 190 Å². The van der Waals surface area contributed by atoms with Crippen molar-refractivity contribution in [2.45, 2.75) is 78.4 Å². The second-order valence-electron chi connectivity index (χ2n) is 8.05. The summed E-state index contributed by atoms with van der Waals surface area (Å²) in [7, 11) is 0. The second kappa shape index (κ2) is 13.3. The lowest BCUT2D eigenvalue weighted by molar-refractivity contribution is -0.143. The van der Waals surface area contributed by atoms with Gasteiger partial charge in [0.15, 0.2) is 0 Å². The summed E-state index contributed by atoms with van der Waals surface area (Å²) in [4.78, 5) is 30.8. The van der Waals surface area contributed by atoms with Gasteiger partial charge in [0.2, 0.25) is 11.8 Å². The maximum atomic E-state index is 13.3. The third kappa shape index (κ3) is 8.44. The Morgan fingerprint density at radius 2 is 1.74 bits per heavy atom. The molecule has 0 saturated carbocycles. The molecule has 0 saturated heterocycles. The molecule has 2 rings (SSSR count). The van der Waals surface area contributed by atoms with Crippen LogP contribution < -0.4 is 0 Å². The van der Waals surface area contributed by atoms with Crippen LogP contribution in [0, 0.1) is 5.82 Å². The predicted molar refractivity (Wildman–Crippen MR) is 125 cm³/mol. The number of hydrogen-bond donors (Lipinski definition) is 0. The van der Waals surface area contributed by atoms with Gasteiger partial charge in [0.25, 0.3) is 0 Å². The Hall–Kier alpha value is -2.21. The van der Waals surface area contributed by atoms with Crippen LogP contribution in [0.2, 0.25) is 0 Å². The highest BCUT2D eigenvalue weighted by atomic mass is 32.1. The van der Waals surface area contributed by atoms with Crippen LogP contribution in [-0.4, -0.2) is 34.2 Å². The van der Waals surface area contributed by atoms with Gasteiger partial charge in [-0.3, -0.25) is 9.59 Å². The zero-order chi connectivity index (χ0) is 22.6. The summed E-state index contributed by atoms with van der Waals surface area (Å²) in [6, 6.07) is 10.2. The van der Waals surface area contributed by atoms with Crippen LogP contribution in [0.15, 0.2) is 41.8 Å². The van der Waals surface area contributed by atoms with Crippen LogP contribution in [0.3, 0.4) is 0 Å². The van der Waals surface area contributed by atoms with E-state index < -0.39 is 0 Å². The second-order valence-corrected chi connectivity index (χ2v) is 9.08. The molecule has 31 heavy (non-hydrogen) atoms. The number of carbonyl (C=O) groups excluding carboxylic acids is 2. The summed E-state index contributed by atoms with van der Waals surface area (Å²) < 4.78 is 13.3. The molecule has 0 N–H and O–H groups in total. The van der Waals surface area contributed by atoms with Gasteiger partial charge in [0.05, 0.1) is 6.54 Å². The SMILES string of the molecule is CCCCCCC(=O)N(CC(=O)N(Cc1ccc(F)cc1)Cc1cccs1)C(C)CC. The average molecular weight is 447 g/mol. The molecular formula is C25H35FN2O2S. The lowest BCUT2D eigenvalue weighted by Crippen LogP contribution is -2.46. The van der Waals surface area contributed by atoms with Crippen LogP contribution in [0.25, 0.3) is 0 Å². The van der Waals surface area contributed by atoms with E-state index in [9.17, 15) is 14.0 Å². The number of carbonyl (C=O) groups is 2. The zero-order valence-corrected chi connectivity index (χ0v) is 19.8. The third-order valence-electron chi connectivity index (χ3n) is 5.56. The molecular weight excluding hydrogens is 411 g/mol. The van der Waals surface area contributed by atoms with Gasteiger partial charge in [-0.25, -0.2) is 4.39 Å². The molecule has 170 valence electrons. The third-order valence-corrected chi connectivity index (χ3v) is 6.42. The highest BCUT2D eigenvalue weighted by molar-refractivity contribution is 7.09. The Kier molecular flexibility index (Phi) is 10.7. The molecule has 4 nitrogen and oxygen atoms in total. The molecule has 1 unspecified atom stereocenters. The van der Waals surface area contributed by atoms with E-state index in [4.69, 9.17) is 0 Å². The van der Waals surface area contributed by atoms with E-state index in [0.29, 0.717) is 19.5 Å². The number of hydrogen-bond acceptors (Lipinski definition) is 3. The lowest BCUT2D eigenvalue weighted by atomic mass is 10.1. The average Bonchev–Trinajstić information content (AvgIpc) is 3.28.